The lowest BCUT2D eigenvalue weighted by Gasteiger charge is -2.26. The van der Waals surface area contributed by atoms with Crippen molar-refractivity contribution in [2.24, 2.45) is 5.92 Å². The lowest BCUT2D eigenvalue weighted by atomic mass is 9.95. The maximum atomic E-state index is 12.7. The van der Waals surface area contributed by atoms with E-state index in [4.69, 9.17) is 11.6 Å². The number of ketones is 1. The molecule has 5 nitrogen and oxygen atoms in total. The standard InChI is InChI=1S/C21H20ClNO4/c1-12(2)11-23-18(13-5-9-16(24)10-6-13)17(20(26)21(23)27)19(25)14-3-7-15(22)8-4-14/h3-10,12,18,24-25H,11H2,1-2H3. The molecule has 0 saturated carbocycles. The number of carbonyl (C=O) groups excluding carboxylic acids is 2. The Morgan fingerprint density at radius 1 is 1.07 bits per heavy atom. The first-order valence-electron chi connectivity index (χ1n) is 8.63. The Balaban J connectivity index is 2.17. The molecule has 27 heavy (non-hydrogen) atoms. The van der Waals surface area contributed by atoms with Crippen LogP contribution in [0.1, 0.15) is 31.0 Å². The molecule has 1 atom stereocenters. The van der Waals surface area contributed by atoms with Crippen LogP contribution in [0.3, 0.4) is 0 Å². The molecule has 3 rings (SSSR count). The van der Waals surface area contributed by atoms with Crippen LogP contribution in [0.4, 0.5) is 0 Å². The molecule has 1 fully saturated rings. The Bertz CT molecular complexity index is 901. The molecule has 140 valence electrons. The summed E-state index contributed by atoms with van der Waals surface area (Å²) in [7, 11) is 0. The zero-order chi connectivity index (χ0) is 19.7. The third-order valence-corrected chi connectivity index (χ3v) is 4.68. The van der Waals surface area contributed by atoms with Crippen molar-refractivity contribution in [2.45, 2.75) is 19.9 Å². The molecule has 2 aromatic carbocycles. The summed E-state index contributed by atoms with van der Waals surface area (Å²) in [5.74, 6) is -1.39. The van der Waals surface area contributed by atoms with E-state index in [1.807, 2.05) is 13.8 Å². The number of phenols is 1. The SMILES string of the molecule is CC(C)CN1C(=O)C(=O)C(=C(O)c2ccc(Cl)cc2)C1c1ccc(O)cc1. The number of aliphatic hydroxyl groups is 1. The third-order valence-electron chi connectivity index (χ3n) is 4.43. The highest BCUT2D eigenvalue weighted by atomic mass is 35.5. The Kier molecular flexibility index (Phi) is 5.24. The minimum Gasteiger partial charge on any atom is -0.508 e. The number of nitrogens with zero attached hydrogens (tertiary/aromatic N) is 1. The molecule has 2 aromatic rings. The van der Waals surface area contributed by atoms with Gasteiger partial charge in [0.05, 0.1) is 11.6 Å². The average molecular weight is 386 g/mol. The Morgan fingerprint density at radius 2 is 1.67 bits per heavy atom. The van der Waals surface area contributed by atoms with Crippen molar-refractivity contribution >= 4 is 29.1 Å². The van der Waals surface area contributed by atoms with Crippen LogP contribution < -0.4 is 0 Å². The first kappa shape index (κ1) is 19.0. The van der Waals surface area contributed by atoms with Gasteiger partial charge in [-0.25, -0.2) is 0 Å². The van der Waals surface area contributed by atoms with E-state index >= 15 is 0 Å². The first-order chi connectivity index (χ1) is 12.8. The van der Waals surface area contributed by atoms with Crippen molar-refractivity contribution < 1.29 is 19.8 Å². The smallest absolute Gasteiger partial charge is 0.295 e. The fourth-order valence-electron chi connectivity index (χ4n) is 3.23. The van der Waals surface area contributed by atoms with Gasteiger partial charge in [-0.2, -0.15) is 0 Å². The van der Waals surface area contributed by atoms with Crippen molar-refractivity contribution in [2.75, 3.05) is 6.54 Å². The molecule has 0 bridgehead atoms. The number of carbonyl (C=O) groups is 2. The van der Waals surface area contributed by atoms with E-state index in [1.165, 1.54) is 17.0 Å². The van der Waals surface area contributed by atoms with Gasteiger partial charge in [0.15, 0.2) is 0 Å². The van der Waals surface area contributed by atoms with E-state index in [2.05, 4.69) is 0 Å². The summed E-state index contributed by atoms with van der Waals surface area (Å²) in [6.07, 6.45) is 0. The largest absolute Gasteiger partial charge is 0.508 e. The summed E-state index contributed by atoms with van der Waals surface area (Å²) >= 11 is 5.90. The van der Waals surface area contributed by atoms with Gasteiger partial charge in [0.25, 0.3) is 11.7 Å². The van der Waals surface area contributed by atoms with Gasteiger partial charge < -0.3 is 15.1 Å². The third kappa shape index (κ3) is 3.69. The number of Topliss-reactive ketones (excluding diaryl/α,β-unsaturated/α-hetero) is 1. The first-order valence-corrected chi connectivity index (χ1v) is 9.00. The predicted molar refractivity (Wildman–Crippen MR) is 103 cm³/mol. The molecule has 0 radical (unpaired) electrons. The topological polar surface area (TPSA) is 77.8 Å². The number of aliphatic hydroxyl groups excluding tert-OH is 1. The van der Waals surface area contributed by atoms with Crippen molar-refractivity contribution in [3.63, 3.8) is 0 Å². The lowest BCUT2D eigenvalue weighted by molar-refractivity contribution is -0.140. The summed E-state index contributed by atoms with van der Waals surface area (Å²) < 4.78 is 0. The van der Waals surface area contributed by atoms with E-state index in [-0.39, 0.29) is 23.0 Å². The van der Waals surface area contributed by atoms with Crippen molar-refractivity contribution in [1.82, 2.24) is 4.90 Å². The van der Waals surface area contributed by atoms with Crippen molar-refractivity contribution in [3.05, 3.63) is 70.3 Å². The number of hydrogen-bond donors (Lipinski definition) is 2. The van der Waals surface area contributed by atoms with Gasteiger partial charge in [0.2, 0.25) is 0 Å². The molecular formula is C21H20ClNO4. The highest BCUT2D eigenvalue weighted by Gasteiger charge is 2.46. The van der Waals surface area contributed by atoms with Gasteiger partial charge in [-0.05, 0) is 47.9 Å². The van der Waals surface area contributed by atoms with Gasteiger partial charge in [-0.15, -0.1) is 0 Å². The predicted octanol–water partition coefficient (Wildman–Crippen LogP) is 4.12. The number of halogens is 1. The average Bonchev–Trinajstić information content (AvgIpc) is 2.87. The van der Waals surface area contributed by atoms with E-state index in [1.54, 1.807) is 36.4 Å². The maximum Gasteiger partial charge on any atom is 0.295 e. The summed E-state index contributed by atoms with van der Waals surface area (Å²) in [6.45, 7) is 4.27. The van der Waals surface area contributed by atoms with Crippen LogP contribution in [0.5, 0.6) is 5.75 Å². The zero-order valence-electron chi connectivity index (χ0n) is 15.0. The molecule has 0 spiro atoms. The van der Waals surface area contributed by atoms with Gasteiger partial charge in [0.1, 0.15) is 11.5 Å². The molecule has 6 heteroatoms. The molecule has 1 saturated heterocycles. The van der Waals surface area contributed by atoms with Crippen LogP contribution in [0, 0.1) is 5.92 Å². The molecule has 1 aliphatic heterocycles. The second-order valence-electron chi connectivity index (χ2n) is 6.94. The van der Waals surface area contributed by atoms with Gasteiger partial charge in [-0.1, -0.05) is 37.6 Å². The monoisotopic (exact) mass is 385 g/mol. The Labute approximate surface area is 162 Å². The quantitative estimate of drug-likeness (QED) is 0.471. The lowest BCUT2D eigenvalue weighted by Crippen LogP contribution is -2.33. The zero-order valence-corrected chi connectivity index (χ0v) is 15.8. The second-order valence-corrected chi connectivity index (χ2v) is 7.38. The summed E-state index contributed by atoms with van der Waals surface area (Å²) in [5.41, 5.74) is 1.09. The van der Waals surface area contributed by atoms with Crippen LogP contribution in [-0.2, 0) is 9.59 Å². The molecule has 1 heterocycles. The van der Waals surface area contributed by atoms with E-state index in [0.717, 1.165) is 0 Å². The molecule has 2 N–H and O–H groups in total. The highest BCUT2D eigenvalue weighted by molar-refractivity contribution is 6.46. The van der Waals surface area contributed by atoms with E-state index in [0.29, 0.717) is 22.7 Å². The number of phenolic OH excluding ortho intramolecular Hbond substituents is 1. The minimum atomic E-state index is -0.721. The van der Waals surface area contributed by atoms with E-state index in [9.17, 15) is 19.8 Å². The number of rotatable bonds is 4. The van der Waals surface area contributed by atoms with Gasteiger partial charge in [-0.3, -0.25) is 9.59 Å². The molecule has 1 aliphatic rings. The summed E-state index contributed by atoms with van der Waals surface area (Å²) in [4.78, 5) is 26.9. The minimum absolute atomic E-state index is 0.0358. The Morgan fingerprint density at radius 3 is 2.22 bits per heavy atom. The number of benzene rings is 2. The number of aromatic hydroxyl groups is 1. The molecule has 0 aliphatic carbocycles. The number of amides is 1. The normalized spacial score (nSPS) is 19.1. The fourth-order valence-corrected chi connectivity index (χ4v) is 3.35. The second kappa shape index (κ2) is 7.45. The number of hydrogen-bond acceptors (Lipinski definition) is 4. The molecule has 0 aromatic heterocycles. The number of likely N-dealkylation sites (tertiary alicyclic amines) is 1. The van der Waals surface area contributed by atoms with Gasteiger partial charge >= 0.3 is 0 Å². The van der Waals surface area contributed by atoms with Gasteiger partial charge in [0, 0.05) is 17.1 Å². The van der Waals surface area contributed by atoms with E-state index < -0.39 is 17.7 Å². The summed E-state index contributed by atoms with van der Waals surface area (Å²) in [5, 5.41) is 20.9. The molecular weight excluding hydrogens is 366 g/mol. The molecule has 1 amide bonds. The van der Waals surface area contributed by atoms with Crippen molar-refractivity contribution in [1.29, 1.82) is 0 Å². The van der Waals surface area contributed by atoms with Crippen molar-refractivity contribution in [3.8, 4) is 5.75 Å². The van der Waals surface area contributed by atoms with Crippen LogP contribution in [-0.4, -0.2) is 33.3 Å². The Hall–Kier alpha value is -2.79. The highest BCUT2D eigenvalue weighted by Crippen LogP contribution is 2.40. The maximum absolute atomic E-state index is 12.7. The van der Waals surface area contributed by atoms with Crippen LogP contribution in [0.2, 0.25) is 5.02 Å². The van der Waals surface area contributed by atoms with Crippen LogP contribution >= 0.6 is 11.6 Å². The van der Waals surface area contributed by atoms with Crippen LogP contribution in [0.15, 0.2) is 54.1 Å². The fraction of sp³-hybridized carbons (Fsp3) is 0.238. The summed E-state index contributed by atoms with van der Waals surface area (Å²) in [6, 6.07) is 12.0. The molecule has 1 unspecified atom stereocenters. The van der Waals surface area contributed by atoms with Crippen LogP contribution in [0.25, 0.3) is 5.76 Å².